The highest BCUT2D eigenvalue weighted by atomic mass is 16.2. The average Bonchev–Trinajstić information content (AvgIpc) is 2.44. The van der Waals surface area contributed by atoms with E-state index in [1.165, 1.54) is 0 Å². The lowest BCUT2D eigenvalue weighted by molar-refractivity contribution is -0.869. The van der Waals surface area contributed by atoms with E-state index in [-0.39, 0.29) is 11.8 Å². The smallest absolute Gasteiger partial charge is 0.251 e. The highest BCUT2D eigenvalue weighted by Gasteiger charge is 2.13. The Morgan fingerprint density at radius 3 is 1.50 bits per heavy atom. The fourth-order valence-electron chi connectivity index (χ4n) is 2.02. The number of amides is 2. The lowest BCUT2D eigenvalue weighted by atomic mass is 10.1. The Kier molecular flexibility index (Phi) is 6.93. The molecule has 0 spiro atoms. The number of likely N-dealkylation sites (N-methyl/N-ethyl adjacent to an activating group) is 2. The van der Waals surface area contributed by atoms with Crippen LogP contribution in [0.3, 0.4) is 0 Å². The fraction of sp³-hybridized carbons (Fsp3) is 0.556. The summed E-state index contributed by atoms with van der Waals surface area (Å²) < 4.78 is 1.57. The normalized spacial score (nSPS) is 11.9. The van der Waals surface area contributed by atoms with Crippen LogP contribution in [-0.4, -0.2) is 89.2 Å². The molecule has 0 aliphatic rings. The van der Waals surface area contributed by atoms with Crippen LogP contribution in [0, 0.1) is 0 Å². The standard InChI is InChI=1S/C18H30N4O2/c1-21(2,3)12-10-19-17(23)15-8-7-9-16(14-15)18(24)20-11-13-22(4,5)6/h7-9,14H,10-13H2,1-6H3/p+2. The molecule has 0 bridgehead atoms. The first kappa shape index (κ1) is 20.1. The maximum atomic E-state index is 12.2. The molecular formula is C18H32N4O2+2. The van der Waals surface area contributed by atoms with Gasteiger partial charge >= 0.3 is 0 Å². The topological polar surface area (TPSA) is 58.2 Å². The van der Waals surface area contributed by atoms with E-state index in [4.69, 9.17) is 0 Å². The molecule has 134 valence electrons. The van der Waals surface area contributed by atoms with Crippen molar-refractivity contribution in [3.8, 4) is 0 Å². The average molecular weight is 336 g/mol. The number of hydrogen-bond donors (Lipinski definition) is 2. The van der Waals surface area contributed by atoms with Crippen molar-refractivity contribution in [2.24, 2.45) is 0 Å². The Labute approximate surface area is 145 Å². The van der Waals surface area contributed by atoms with Crippen LogP contribution in [0.2, 0.25) is 0 Å². The first-order valence-corrected chi connectivity index (χ1v) is 8.25. The molecule has 0 atom stereocenters. The van der Waals surface area contributed by atoms with Crippen molar-refractivity contribution in [2.45, 2.75) is 0 Å². The van der Waals surface area contributed by atoms with Gasteiger partial charge in [0.05, 0.1) is 68.5 Å². The lowest BCUT2D eigenvalue weighted by Gasteiger charge is -2.24. The number of carbonyl (C=O) groups excluding carboxylic acids is 2. The summed E-state index contributed by atoms with van der Waals surface area (Å²) in [5.41, 5.74) is 1.02. The molecule has 0 aromatic heterocycles. The van der Waals surface area contributed by atoms with Crippen molar-refractivity contribution in [1.82, 2.24) is 10.6 Å². The second kappa shape index (κ2) is 8.26. The van der Waals surface area contributed by atoms with Gasteiger partial charge in [-0.25, -0.2) is 0 Å². The Hall–Kier alpha value is -1.92. The summed E-state index contributed by atoms with van der Waals surface area (Å²) in [7, 11) is 12.5. The lowest BCUT2D eigenvalue weighted by Crippen LogP contribution is -2.42. The third-order valence-corrected chi connectivity index (χ3v) is 3.52. The van der Waals surface area contributed by atoms with Gasteiger partial charge in [-0.05, 0) is 18.2 Å². The van der Waals surface area contributed by atoms with Gasteiger partial charge in [0.25, 0.3) is 11.8 Å². The van der Waals surface area contributed by atoms with Gasteiger partial charge in [-0.15, -0.1) is 0 Å². The number of quaternary nitrogens is 2. The quantitative estimate of drug-likeness (QED) is 0.682. The van der Waals surface area contributed by atoms with Gasteiger partial charge in [-0.3, -0.25) is 9.59 Å². The van der Waals surface area contributed by atoms with Crippen molar-refractivity contribution in [3.63, 3.8) is 0 Å². The zero-order valence-corrected chi connectivity index (χ0v) is 15.8. The van der Waals surface area contributed by atoms with E-state index in [9.17, 15) is 9.59 Å². The third kappa shape index (κ3) is 8.08. The molecule has 0 aliphatic carbocycles. The molecule has 0 saturated carbocycles. The number of nitrogens with zero attached hydrogens (tertiary/aromatic N) is 2. The molecule has 0 aliphatic heterocycles. The molecule has 1 rings (SSSR count). The first-order valence-electron chi connectivity index (χ1n) is 8.25. The van der Waals surface area contributed by atoms with Crippen LogP contribution >= 0.6 is 0 Å². The van der Waals surface area contributed by atoms with Gasteiger partial charge in [0.2, 0.25) is 0 Å². The van der Waals surface area contributed by atoms with Crippen LogP contribution in [-0.2, 0) is 0 Å². The molecule has 2 N–H and O–H groups in total. The van der Waals surface area contributed by atoms with Crippen LogP contribution in [0.1, 0.15) is 20.7 Å². The van der Waals surface area contributed by atoms with E-state index in [0.29, 0.717) is 24.2 Å². The minimum absolute atomic E-state index is 0.149. The Morgan fingerprint density at radius 2 is 1.17 bits per heavy atom. The van der Waals surface area contributed by atoms with Crippen LogP contribution < -0.4 is 10.6 Å². The number of carbonyl (C=O) groups is 2. The van der Waals surface area contributed by atoms with Crippen LogP contribution in [0.25, 0.3) is 0 Å². The first-order chi connectivity index (χ1) is 11.0. The van der Waals surface area contributed by atoms with Gasteiger partial charge in [0, 0.05) is 11.1 Å². The van der Waals surface area contributed by atoms with E-state index in [2.05, 4.69) is 52.9 Å². The maximum Gasteiger partial charge on any atom is 0.251 e. The van der Waals surface area contributed by atoms with Crippen LogP contribution in [0.5, 0.6) is 0 Å². The summed E-state index contributed by atoms with van der Waals surface area (Å²) >= 11 is 0. The predicted molar refractivity (Wildman–Crippen MR) is 96.9 cm³/mol. The SMILES string of the molecule is C[N+](C)(C)CCNC(=O)c1cccc(C(=O)NCC[N+](C)(C)C)c1. The highest BCUT2D eigenvalue weighted by Crippen LogP contribution is 2.05. The summed E-state index contributed by atoms with van der Waals surface area (Å²) in [6, 6.07) is 6.83. The van der Waals surface area contributed by atoms with E-state index < -0.39 is 0 Å². The van der Waals surface area contributed by atoms with Gasteiger partial charge in [0.15, 0.2) is 0 Å². The van der Waals surface area contributed by atoms with Crippen molar-refractivity contribution < 1.29 is 18.6 Å². The molecule has 1 aromatic carbocycles. The molecule has 6 nitrogen and oxygen atoms in total. The van der Waals surface area contributed by atoms with Gasteiger partial charge < -0.3 is 19.6 Å². The minimum atomic E-state index is -0.149. The Bertz CT molecular complexity index is 524. The molecule has 24 heavy (non-hydrogen) atoms. The molecule has 0 radical (unpaired) electrons. The number of rotatable bonds is 8. The number of hydrogen-bond acceptors (Lipinski definition) is 2. The Morgan fingerprint density at radius 1 is 0.792 bits per heavy atom. The van der Waals surface area contributed by atoms with Crippen LogP contribution in [0.15, 0.2) is 24.3 Å². The van der Waals surface area contributed by atoms with Gasteiger partial charge in [-0.1, -0.05) is 6.07 Å². The van der Waals surface area contributed by atoms with E-state index in [0.717, 1.165) is 22.1 Å². The largest absolute Gasteiger partial charge is 0.346 e. The molecular weight excluding hydrogens is 304 g/mol. The molecule has 1 aromatic rings. The van der Waals surface area contributed by atoms with E-state index >= 15 is 0 Å². The molecule has 0 unspecified atom stereocenters. The predicted octanol–water partition coefficient (Wildman–Crippen LogP) is 0.559. The zero-order valence-electron chi connectivity index (χ0n) is 15.8. The molecule has 2 amide bonds. The van der Waals surface area contributed by atoms with Crippen molar-refractivity contribution in [2.75, 3.05) is 68.5 Å². The minimum Gasteiger partial charge on any atom is -0.346 e. The summed E-state index contributed by atoms with van der Waals surface area (Å²) in [6.07, 6.45) is 0. The summed E-state index contributed by atoms with van der Waals surface area (Å²) in [6.45, 7) is 2.89. The van der Waals surface area contributed by atoms with Crippen LogP contribution in [0.4, 0.5) is 0 Å². The summed E-state index contributed by atoms with van der Waals surface area (Å²) in [5, 5.41) is 5.79. The summed E-state index contributed by atoms with van der Waals surface area (Å²) in [5.74, 6) is -0.297. The monoisotopic (exact) mass is 336 g/mol. The third-order valence-electron chi connectivity index (χ3n) is 3.52. The highest BCUT2D eigenvalue weighted by molar-refractivity contribution is 5.99. The number of nitrogens with one attached hydrogen (secondary N) is 2. The zero-order chi connectivity index (χ0) is 18.4. The van der Waals surface area contributed by atoms with Crippen molar-refractivity contribution in [3.05, 3.63) is 35.4 Å². The van der Waals surface area contributed by atoms with Crippen molar-refractivity contribution in [1.29, 1.82) is 0 Å². The second-order valence-corrected chi connectivity index (χ2v) is 8.12. The van der Waals surface area contributed by atoms with Gasteiger partial charge in [-0.2, -0.15) is 0 Å². The molecule has 0 heterocycles. The maximum absolute atomic E-state index is 12.2. The summed E-state index contributed by atoms with van der Waals surface area (Å²) in [4.78, 5) is 24.4. The molecule has 0 saturated heterocycles. The molecule has 0 fully saturated rings. The fourth-order valence-corrected chi connectivity index (χ4v) is 2.02. The van der Waals surface area contributed by atoms with Gasteiger partial charge in [0.1, 0.15) is 0 Å². The number of benzene rings is 1. The van der Waals surface area contributed by atoms with Crippen molar-refractivity contribution >= 4 is 11.8 Å². The van der Waals surface area contributed by atoms with E-state index in [1.54, 1.807) is 24.3 Å². The molecule has 6 heteroatoms. The van der Waals surface area contributed by atoms with E-state index in [1.807, 2.05) is 0 Å². The Balaban J connectivity index is 2.59. The second-order valence-electron chi connectivity index (χ2n) is 8.12.